The first-order valence-corrected chi connectivity index (χ1v) is 7.46. The van der Waals surface area contributed by atoms with Gasteiger partial charge in [-0.05, 0) is 30.0 Å². The molecule has 1 fully saturated rings. The van der Waals surface area contributed by atoms with Gasteiger partial charge in [0.25, 0.3) is 0 Å². The fourth-order valence-corrected chi connectivity index (χ4v) is 2.31. The lowest BCUT2D eigenvalue weighted by molar-refractivity contribution is -0.127. The molecule has 2 unspecified atom stereocenters. The van der Waals surface area contributed by atoms with E-state index in [4.69, 9.17) is 5.73 Å². The van der Waals surface area contributed by atoms with Gasteiger partial charge in [0, 0.05) is 12.0 Å². The van der Waals surface area contributed by atoms with Crippen LogP contribution in [0.1, 0.15) is 31.7 Å². The molecule has 2 amide bonds. The number of nitrogens with one attached hydrogen (secondary N) is 2. The summed E-state index contributed by atoms with van der Waals surface area (Å²) < 4.78 is 13.1. The zero-order valence-electron chi connectivity index (χ0n) is 12.8. The van der Waals surface area contributed by atoms with Crippen LogP contribution in [0.4, 0.5) is 4.39 Å². The Kier molecular flexibility index (Phi) is 5.13. The number of hydrogen-bond acceptors (Lipinski definition) is 3. The van der Waals surface area contributed by atoms with E-state index in [0.717, 1.165) is 12.0 Å². The van der Waals surface area contributed by atoms with E-state index in [1.54, 1.807) is 6.07 Å². The minimum Gasteiger partial charge on any atom is -0.351 e. The minimum absolute atomic E-state index is 0.00461. The number of rotatable bonds is 6. The Morgan fingerprint density at radius 2 is 2.14 bits per heavy atom. The molecule has 1 aliphatic rings. The lowest BCUT2D eigenvalue weighted by Gasteiger charge is -2.15. The van der Waals surface area contributed by atoms with E-state index in [1.165, 1.54) is 12.1 Å². The zero-order valence-corrected chi connectivity index (χ0v) is 12.8. The molecule has 5 nitrogen and oxygen atoms in total. The second kappa shape index (κ2) is 6.87. The molecule has 6 heteroatoms. The maximum Gasteiger partial charge on any atom is 0.239 e. The van der Waals surface area contributed by atoms with Crippen molar-refractivity contribution in [3.63, 3.8) is 0 Å². The summed E-state index contributed by atoms with van der Waals surface area (Å²) in [4.78, 5) is 23.4. The molecule has 0 saturated heterocycles. The van der Waals surface area contributed by atoms with Crippen LogP contribution in [-0.4, -0.2) is 30.4 Å². The first kappa shape index (κ1) is 16.4. The third kappa shape index (κ3) is 4.27. The van der Waals surface area contributed by atoms with Crippen molar-refractivity contribution in [3.8, 4) is 0 Å². The van der Waals surface area contributed by atoms with Gasteiger partial charge >= 0.3 is 0 Å². The van der Waals surface area contributed by atoms with Crippen molar-refractivity contribution in [2.75, 3.05) is 6.54 Å². The van der Waals surface area contributed by atoms with Crippen molar-refractivity contribution >= 4 is 11.8 Å². The molecule has 0 aliphatic heterocycles. The molecule has 1 aliphatic carbocycles. The van der Waals surface area contributed by atoms with Crippen LogP contribution in [0, 0.1) is 11.7 Å². The van der Waals surface area contributed by atoms with Gasteiger partial charge in [-0.15, -0.1) is 0 Å². The van der Waals surface area contributed by atoms with Crippen LogP contribution in [0.2, 0.25) is 0 Å². The highest BCUT2D eigenvalue weighted by molar-refractivity contribution is 5.87. The second-order valence-electron chi connectivity index (χ2n) is 6.06. The average molecular weight is 307 g/mol. The average Bonchev–Trinajstić information content (AvgIpc) is 3.23. The number of carbonyl (C=O) groups excluding carboxylic acids is 2. The molecule has 1 aromatic rings. The van der Waals surface area contributed by atoms with E-state index in [1.807, 2.05) is 19.9 Å². The molecule has 0 bridgehead atoms. The van der Waals surface area contributed by atoms with E-state index in [9.17, 15) is 14.0 Å². The Balaban J connectivity index is 1.74. The maximum absolute atomic E-state index is 13.1. The fraction of sp³-hybridized carbons (Fsp3) is 0.500. The smallest absolute Gasteiger partial charge is 0.239 e. The molecule has 0 heterocycles. The Bertz CT molecular complexity index is 562. The van der Waals surface area contributed by atoms with Crippen molar-refractivity contribution in [3.05, 3.63) is 35.6 Å². The predicted octanol–water partition coefficient (Wildman–Crippen LogP) is 0.897. The number of carbonyl (C=O) groups is 2. The summed E-state index contributed by atoms with van der Waals surface area (Å²) in [6.45, 7) is 3.60. The highest BCUT2D eigenvalue weighted by atomic mass is 19.1. The SMILES string of the molecule is CC(C)[C@H](N)C(=O)NCC(=O)NC1CC1c1cccc(F)c1. The number of halogens is 1. The van der Waals surface area contributed by atoms with Crippen molar-refractivity contribution < 1.29 is 14.0 Å². The number of nitrogens with two attached hydrogens (primary N) is 1. The number of hydrogen-bond donors (Lipinski definition) is 3. The molecule has 0 radical (unpaired) electrons. The molecule has 0 aromatic heterocycles. The van der Waals surface area contributed by atoms with Gasteiger partial charge in [0.15, 0.2) is 0 Å². The molecule has 1 aromatic carbocycles. The summed E-state index contributed by atoms with van der Waals surface area (Å²) in [6, 6.07) is 5.78. The summed E-state index contributed by atoms with van der Waals surface area (Å²) in [5.74, 6) is -0.697. The van der Waals surface area contributed by atoms with Gasteiger partial charge in [0.2, 0.25) is 11.8 Å². The normalized spacial score (nSPS) is 21.3. The van der Waals surface area contributed by atoms with Gasteiger partial charge < -0.3 is 16.4 Å². The number of amides is 2. The quantitative estimate of drug-likeness (QED) is 0.730. The molecule has 1 saturated carbocycles. The Morgan fingerprint density at radius 1 is 1.41 bits per heavy atom. The number of benzene rings is 1. The standard InChI is InChI=1S/C16H22FN3O2/c1-9(2)15(18)16(22)19-8-14(21)20-13-7-12(13)10-4-3-5-11(17)6-10/h3-6,9,12-13,15H,7-8,18H2,1-2H3,(H,19,22)(H,20,21)/t12?,13?,15-/m0/s1. The van der Waals surface area contributed by atoms with Gasteiger partial charge in [0.1, 0.15) is 5.82 Å². The van der Waals surface area contributed by atoms with Gasteiger partial charge in [-0.2, -0.15) is 0 Å². The van der Waals surface area contributed by atoms with Crippen molar-refractivity contribution in [2.45, 2.75) is 38.3 Å². The molecular formula is C16H22FN3O2. The van der Waals surface area contributed by atoms with E-state index in [-0.39, 0.29) is 42.1 Å². The van der Waals surface area contributed by atoms with Crippen molar-refractivity contribution in [1.82, 2.24) is 10.6 Å². The lowest BCUT2D eigenvalue weighted by atomic mass is 10.1. The summed E-state index contributed by atoms with van der Waals surface area (Å²) in [5.41, 5.74) is 6.58. The third-order valence-corrected chi connectivity index (χ3v) is 3.86. The summed E-state index contributed by atoms with van der Waals surface area (Å²) in [5, 5.41) is 5.35. The molecule has 0 spiro atoms. The van der Waals surface area contributed by atoms with Crippen molar-refractivity contribution in [2.24, 2.45) is 11.7 Å². The van der Waals surface area contributed by atoms with Crippen LogP contribution in [0.3, 0.4) is 0 Å². The first-order valence-electron chi connectivity index (χ1n) is 7.46. The van der Waals surface area contributed by atoms with Gasteiger partial charge in [-0.3, -0.25) is 9.59 Å². The summed E-state index contributed by atoms with van der Waals surface area (Å²) in [6.07, 6.45) is 0.786. The minimum atomic E-state index is -0.617. The van der Waals surface area contributed by atoms with Gasteiger partial charge in [-0.25, -0.2) is 4.39 Å². The van der Waals surface area contributed by atoms with E-state index < -0.39 is 6.04 Å². The van der Waals surface area contributed by atoms with Crippen LogP contribution in [0.25, 0.3) is 0 Å². The van der Waals surface area contributed by atoms with Crippen LogP contribution < -0.4 is 16.4 Å². The molecule has 120 valence electrons. The Labute approximate surface area is 129 Å². The topological polar surface area (TPSA) is 84.2 Å². The van der Waals surface area contributed by atoms with E-state index in [0.29, 0.717) is 0 Å². The van der Waals surface area contributed by atoms with Crippen LogP contribution in [-0.2, 0) is 9.59 Å². The third-order valence-electron chi connectivity index (χ3n) is 3.86. The molecular weight excluding hydrogens is 285 g/mol. The van der Waals surface area contributed by atoms with Gasteiger partial charge in [0.05, 0.1) is 12.6 Å². The fourth-order valence-electron chi connectivity index (χ4n) is 2.31. The van der Waals surface area contributed by atoms with Crippen LogP contribution >= 0.6 is 0 Å². The van der Waals surface area contributed by atoms with Crippen LogP contribution in [0.15, 0.2) is 24.3 Å². The molecule has 4 N–H and O–H groups in total. The highest BCUT2D eigenvalue weighted by Crippen LogP contribution is 2.40. The lowest BCUT2D eigenvalue weighted by Crippen LogP contribution is -2.47. The predicted molar refractivity (Wildman–Crippen MR) is 81.5 cm³/mol. The molecule has 3 atom stereocenters. The monoisotopic (exact) mass is 307 g/mol. The maximum atomic E-state index is 13.1. The Morgan fingerprint density at radius 3 is 2.77 bits per heavy atom. The molecule has 22 heavy (non-hydrogen) atoms. The highest BCUT2D eigenvalue weighted by Gasteiger charge is 2.39. The van der Waals surface area contributed by atoms with Crippen molar-refractivity contribution in [1.29, 1.82) is 0 Å². The van der Waals surface area contributed by atoms with E-state index >= 15 is 0 Å². The summed E-state index contributed by atoms with van der Waals surface area (Å²) >= 11 is 0. The molecule has 2 rings (SSSR count). The second-order valence-corrected chi connectivity index (χ2v) is 6.06. The van der Waals surface area contributed by atoms with Gasteiger partial charge in [-0.1, -0.05) is 26.0 Å². The van der Waals surface area contributed by atoms with E-state index in [2.05, 4.69) is 10.6 Å². The Hall–Kier alpha value is -1.95. The largest absolute Gasteiger partial charge is 0.351 e. The zero-order chi connectivity index (χ0) is 16.3. The summed E-state index contributed by atoms with van der Waals surface area (Å²) in [7, 11) is 0. The first-order chi connectivity index (χ1) is 10.4. The van der Waals surface area contributed by atoms with Crippen LogP contribution in [0.5, 0.6) is 0 Å².